The lowest BCUT2D eigenvalue weighted by molar-refractivity contribution is 0.297. The van der Waals surface area contributed by atoms with Crippen LogP contribution in [-0.4, -0.2) is 50.6 Å². The van der Waals surface area contributed by atoms with Gasteiger partial charge in [-0.25, -0.2) is 0 Å². The topological polar surface area (TPSA) is 39.7 Å². The number of rotatable bonds is 10. The molecule has 1 aromatic rings. The maximum atomic E-state index is 5.89. The predicted octanol–water partition coefficient (Wildman–Crippen LogP) is 3.17. The van der Waals surface area contributed by atoms with Crippen LogP contribution in [-0.2, 0) is 6.42 Å². The highest BCUT2D eigenvalue weighted by Gasteiger charge is 2.00. The van der Waals surface area contributed by atoms with Crippen molar-refractivity contribution in [3.8, 4) is 0 Å². The Balaban J connectivity index is 2.13. The lowest BCUT2D eigenvalue weighted by Gasteiger charge is -2.18. The fraction of sp³-hybridized carbons (Fsp3) is 0.611. The molecule has 23 heavy (non-hydrogen) atoms. The number of hydrogen-bond donors (Lipinski definition) is 2. The van der Waals surface area contributed by atoms with Crippen molar-refractivity contribution in [2.75, 3.05) is 39.8 Å². The first kappa shape index (κ1) is 19.8. The zero-order chi connectivity index (χ0) is 16.9. The molecule has 0 aliphatic rings. The van der Waals surface area contributed by atoms with Crippen molar-refractivity contribution in [1.29, 1.82) is 0 Å². The Morgan fingerprint density at radius 2 is 1.70 bits per heavy atom. The van der Waals surface area contributed by atoms with Gasteiger partial charge >= 0.3 is 0 Å². The summed E-state index contributed by atoms with van der Waals surface area (Å²) in [6.45, 7) is 9.71. The van der Waals surface area contributed by atoms with Crippen molar-refractivity contribution in [3.05, 3.63) is 34.9 Å². The quantitative estimate of drug-likeness (QED) is 0.391. The van der Waals surface area contributed by atoms with Crippen molar-refractivity contribution in [2.24, 2.45) is 4.99 Å². The van der Waals surface area contributed by atoms with Crippen LogP contribution >= 0.6 is 11.6 Å². The van der Waals surface area contributed by atoms with Gasteiger partial charge in [-0.2, -0.15) is 0 Å². The molecular formula is C18H31ClN4. The average Bonchev–Trinajstić information content (AvgIpc) is 2.58. The SMILES string of the molecule is CCN(CC)CCCCNC(=NC)NCCc1ccc(Cl)cc1. The smallest absolute Gasteiger partial charge is 0.190 e. The minimum atomic E-state index is 0.781. The number of nitrogens with zero attached hydrogens (tertiary/aromatic N) is 2. The van der Waals surface area contributed by atoms with E-state index in [4.69, 9.17) is 11.6 Å². The first-order valence-electron chi connectivity index (χ1n) is 8.60. The summed E-state index contributed by atoms with van der Waals surface area (Å²) in [6, 6.07) is 7.99. The van der Waals surface area contributed by atoms with Gasteiger partial charge in [0.25, 0.3) is 0 Å². The molecule has 0 aliphatic carbocycles. The monoisotopic (exact) mass is 338 g/mol. The highest BCUT2D eigenvalue weighted by atomic mass is 35.5. The molecule has 0 atom stereocenters. The molecule has 0 aromatic heterocycles. The van der Waals surface area contributed by atoms with Gasteiger partial charge in [0.1, 0.15) is 0 Å². The Kier molecular flexibility index (Phi) is 10.5. The summed E-state index contributed by atoms with van der Waals surface area (Å²) in [4.78, 5) is 6.72. The van der Waals surface area contributed by atoms with Gasteiger partial charge in [-0.05, 0) is 56.6 Å². The molecule has 0 saturated carbocycles. The molecule has 5 heteroatoms. The number of guanidine groups is 1. The third-order valence-electron chi connectivity index (χ3n) is 3.93. The summed E-state index contributed by atoms with van der Waals surface area (Å²) < 4.78 is 0. The van der Waals surface area contributed by atoms with Gasteiger partial charge < -0.3 is 15.5 Å². The van der Waals surface area contributed by atoms with Gasteiger partial charge in [0.2, 0.25) is 0 Å². The molecule has 0 saturated heterocycles. The number of unbranched alkanes of at least 4 members (excludes halogenated alkanes) is 1. The zero-order valence-corrected chi connectivity index (χ0v) is 15.5. The average molecular weight is 339 g/mol. The van der Waals surface area contributed by atoms with Gasteiger partial charge in [0.05, 0.1) is 0 Å². The Morgan fingerprint density at radius 1 is 1.04 bits per heavy atom. The van der Waals surface area contributed by atoms with E-state index in [-0.39, 0.29) is 0 Å². The van der Waals surface area contributed by atoms with E-state index < -0.39 is 0 Å². The summed E-state index contributed by atoms with van der Waals surface area (Å²) >= 11 is 5.89. The number of benzene rings is 1. The Labute approximate surface area is 146 Å². The number of halogens is 1. The maximum Gasteiger partial charge on any atom is 0.190 e. The highest BCUT2D eigenvalue weighted by Crippen LogP contribution is 2.09. The summed E-state index contributed by atoms with van der Waals surface area (Å²) in [5.41, 5.74) is 1.27. The third kappa shape index (κ3) is 8.82. The first-order chi connectivity index (χ1) is 11.2. The van der Waals surface area contributed by atoms with E-state index in [0.29, 0.717) is 0 Å². The van der Waals surface area contributed by atoms with Crippen LogP contribution in [0.25, 0.3) is 0 Å². The molecule has 0 unspecified atom stereocenters. The molecule has 1 aromatic carbocycles. The van der Waals surface area contributed by atoms with Crippen molar-refractivity contribution in [2.45, 2.75) is 33.1 Å². The molecule has 0 bridgehead atoms. The van der Waals surface area contributed by atoms with E-state index in [1.165, 1.54) is 18.5 Å². The Bertz CT molecular complexity index is 441. The van der Waals surface area contributed by atoms with Crippen molar-refractivity contribution < 1.29 is 0 Å². The molecule has 0 aliphatic heterocycles. The van der Waals surface area contributed by atoms with Crippen molar-refractivity contribution >= 4 is 17.6 Å². The number of nitrogens with one attached hydrogen (secondary N) is 2. The Morgan fingerprint density at radius 3 is 2.30 bits per heavy atom. The summed E-state index contributed by atoms with van der Waals surface area (Å²) in [5.74, 6) is 0.877. The minimum Gasteiger partial charge on any atom is -0.356 e. The second-order valence-corrected chi connectivity index (χ2v) is 5.97. The van der Waals surface area contributed by atoms with E-state index in [1.54, 1.807) is 0 Å². The standard InChI is InChI=1S/C18H31ClN4/c1-4-23(5-2)15-7-6-13-21-18(20-3)22-14-12-16-8-10-17(19)11-9-16/h8-11H,4-7,12-15H2,1-3H3,(H2,20,21,22). The van der Waals surface area contributed by atoms with E-state index in [0.717, 1.165) is 50.0 Å². The van der Waals surface area contributed by atoms with Gasteiger partial charge in [-0.1, -0.05) is 37.6 Å². The zero-order valence-electron chi connectivity index (χ0n) is 14.7. The lowest BCUT2D eigenvalue weighted by Crippen LogP contribution is -2.38. The van der Waals surface area contributed by atoms with Crippen LogP contribution in [0.5, 0.6) is 0 Å². The second kappa shape index (κ2) is 12.2. The lowest BCUT2D eigenvalue weighted by atomic mass is 10.1. The molecule has 0 amide bonds. The largest absolute Gasteiger partial charge is 0.356 e. The molecule has 0 radical (unpaired) electrons. The van der Waals surface area contributed by atoms with Crippen LogP contribution in [0.3, 0.4) is 0 Å². The van der Waals surface area contributed by atoms with Crippen LogP contribution in [0.2, 0.25) is 5.02 Å². The minimum absolute atomic E-state index is 0.781. The van der Waals surface area contributed by atoms with Crippen molar-refractivity contribution in [3.63, 3.8) is 0 Å². The normalized spacial score (nSPS) is 11.8. The predicted molar refractivity (Wildman–Crippen MR) is 102 cm³/mol. The molecule has 130 valence electrons. The van der Waals surface area contributed by atoms with Gasteiger partial charge in [-0.15, -0.1) is 0 Å². The first-order valence-corrected chi connectivity index (χ1v) is 8.98. The van der Waals surface area contributed by atoms with Gasteiger partial charge in [0.15, 0.2) is 5.96 Å². The van der Waals surface area contributed by atoms with Crippen molar-refractivity contribution in [1.82, 2.24) is 15.5 Å². The molecule has 0 fully saturated rings. The summed E-state index contributed by atoms with van der Waals surface area (Å²) in [5, 5.41) is 7.51. The van der Waals surface area contributed by atoms with Crippen LogP contribution in [0.15, 0.2) is 29.3 Å². The van der Waals surface area contributed by atoms with E-state index in [2.05, 4.69) is 46.5 Å². The molecule has 1 rings (SSSR count). The van der Waals surface area contributed by atoms with Crippen LogP contribution in [0.1, 0.15) is 32.3 Å². The molecule has 4 nitrogen and oxygen atoms in total. The molecule has 2 N–H and O–H groups in total. The third-order valence-corrected chi connectivity index (χ3v) is 4.18. The number of aliphatic imine (C=N–C) groups is 1. The highest BCUT2D eigenvalue weighted by molar-refractivity contribution is 6.30. The maximum absolute atomic E-state index is 5.89. The molecule has 0 spiro atoms. The van der Waals surface area contributed by atoms with E-state index in [9.17, 15) is 0 Å². The second-order valence-electron chi connectivity index (χ2n) is 5.54. The van der Waals surface area contributed by atoms with E-state index >= 15 is 0 Å². The van der Waals surface area contributed by atoms with Crippen LogP contribution < -0.4 is 10.6 Å². The Hall–Kier alpha value is -1.26. The molecular weight excluding hydrogens is 308 g/mol. The number of hydrogen-bond acceptors (Lipinski definition) is 2. The van der Waals surface area contributed by atoms with Crippen LogP contribution in [0.4, 0.5) is 0 Å². The fourth-order valence-corrected chi connectivity index (χ4v) is 2.53. The van der Waals surface area contributed by atoms with Crippen LogP contribution in [0, 0.1) is 0 Å². The molecule has 0 heterocycles. The van der Waals surface area contributed by atoms with Gasteiger partial charge in [0, 0.05) is 25.2 Å². The summed E-state index contributed by atoms with van der Waals surface area (Å²) in [6.07, 6.45) is 3.34. The van der Waals surface area contributed by atoms with E-state index in [1.807, 2.05) is 19.2 Å². The van der Waals surface area contributed by atoms with Gasteiger partial charge in [-0.3, -0.25) is 4.99 Å². The summed E-state index contributed by atoms with van der Waals surface area (Å²) in [7, 11) is 1.81. The fourth-order valence-electron chi connectivity index (χ4n) is 2.40.